The number of hydrogen-bond acceptors (Lipinski definition) is 5. The van der Waals surface area contributed by atoms with Crippen molar-refractivity contribution in [2.75, 3.05) is 13.1 Å². The molecule has 5 nitrogen and oxygen atoms in total. The predicted molar refractivity (Wildman–Crippen MR) is 102 cm³/mol. The first-order valence-corrected chi connectivity index (χ1v) is 9.85. The van der Waals surface area contributed by atoms with Gasteiger partial charge in [-0.2, -0.15) is 0 Å². The number of likely N-dealkylation sites (tertiary alicyclic amines) is 1. The minimum atomic E-state index is 0.130. The Morgan fingerprint density at radius 1 is 1.15 bits per heavy atom. The van der Waals surface area contributed by atoms with Crippen molar-refractivity contribution in [1.29, 1.82) is 0 Å². The molecule has 0 unspecified atom stereocenters. The highest BCUT2D eigenvalue weighted by Gasteiger charge is 2.24. The van der Waals surface area contributed by atoms with Gasteiger partial charge in [0.1, 0.15) is 11.6 Å². The fourth-order valence-corrected chi connectivity index (χ4v) is 3.96. The summed E-state index contributed by atoms with van der Waals surface area (Å²) in [7, 11) is 0. The van der Waals surface area contributed by atoms with Gasteiger partial charge in [0.2, 0.25) is 5.91 Å². The summed E-state index contributed by atoms with van der Waals surface area (Å²) in [6.45, 7) is 1.50. The van der Waals surface area contributed by atoms with Crippen molar-refractivity contribution in [3.63, 3.8) is 0 Å². The molecule has 4 rings (SSSR count). The van der Waals surface area contributed by atoms with Crippen molar-refractivity contribution in [2.24, 2.45) is 0 Å². The van der Waals surface area contributed by atoms with Gasteiger partial charge in [0.25, 0.3) is 5.19 Å². The highest BCUT2D eigenvalue weighted by atomic mass is 32.1. The van der Waals surface area contributed by atoms with Gasteiger partial charge < -0.3 is 9.64 Å². The fraction of sp³-hybridized carbons (Fsp3) is 0.350. The number of nitrogens with zero attached hydrogens (tertiary/aromatic N) is 3. The highest BCUT2D eigenvalue weighted by Crippen LogP contribution is 2.22. The zero-order valence-electron chi connectivity index (χ0n) is 14.5. The molecule has 0 saturated carbocycles. The third-order valence-corrected chi connectivity index (χ3v) is 5.47. The number of hydrogen-bond donors (Lipinski definition) is 0. The maximum atomic E-state index is 12.6. The van der Waals surface area contributed by atoms with E-state index >= 15 is 0 Å². The fourth-order valence-electron chi connectivity index (χ4n) is 3.49. The van der Waals surface area contributed by atoms with E-state index in [4.69, 9.17) is 4.74 Å². The number of piperidine rings is 1. The molecule has 1 amide bonds. The maximum absolute atomic E-state index is 12.6. The summed E-state index contributed by atoms with van der Waals surface area (Å²) in [5, 5.41) is 10.8. The first-order valence-electron chi connectivity index (χ1n) is 8.97. The van der Waals surface area contributed by atoms with Crippen LogP contribution in [-0.4, -0.2) is 40.2 Å². The number of aryl methyl sites for hydroxylation is 1. The topological polar surface area (TPSA) is 55.3 Å². The van der Waals surface area contributed by atoms with Gasteiger partial charge in [0.15, 0.2) is 0 Å². The van der Waals surface area contributed by atoms with Gasteiger partial charge in [-0.3, -0.25) is 4.79 Å². The van der Waals surface area contributed by atoms with Crippen molar-refractivity contribution in [1.82, 2.24) is 15.1 Å². The molecule has 26 heavy (non-hydrogen) atoms. The lowest BCUT2D eigenvalue weighted by Gasteiger charge is -2.31. The van der Waals surface area contributed by atoms with E-state index in [0.717, 1.165) is 32.4 Å². The first kappa shape index (κ1) is 17.0. The van der Waals surface area contributed by atoms with Crippen molar-refractivity contribution in [3.8, 4) is 5.19 Å². The lowest BCUT2D eigenvalue weighted by molar-refractivity contribution is -0.132. The third kappa shape index (κ3) is 3.85. The Labute approximate surface area is 156 Å². The van der Waals surface area contributed by atoms with Crippen LogP contribution in [0, 0.1) is 0 Å². The average Bonchev–Trinajstić information content (AvgIpc) is 3.19. The van der Waals surface area contributed by atoms with Crippen LogP contribution >= 0.6 is 11.3 Å². The Balaban J connectivity index is 1.30. The smallest absolute Gasteiger partial charge is 0.294 e. The molecule has 3 aromatic rings. The molecule has 0 N–H and O–H groups in total. The second-order valence-electron chi connectivity index (χ2n) is 6.54. The van der Waals surface area contributed by atoms with Gasteiger partial charge in [-0.15, -0.1) is 10.2 Å². The van der Waals surface area contributed by atoms with Crippen molar-refractivity contribution < 1.29 is 9.53 Å². The minimum absolute atomic E-state index is 0.130. The Kier molecular flexibility index (Phi) is 5.11. The second kappa shape index (κ2) is 7.83. The average molecular weight is 367 g/mol. The molecule has 1 aliphatic heterocycles. The number of ether oxygens (including phenoxy) is 1. The van der Waals surface area contributed by atoms with Gasteiger partial charge in [-0.25, -0.2) is 0 Å². The second-order valence-corrected chi connectivity index (χ2v) is 7.34. The molecule has 1 saturated heterocycles. The summed E-state index contributed by atoms with van der Waals surface area (Å²) in [5.41, 5.74) is 2.91. The van der Waals surface area contributed by atoms with Crippen molar-refractivity contribution >= 4 is 28.0 Å². The Bertz CT molecular complexity index is 868. The number of fused-ring (bicyclic) bond motifs is 1. The molecule has 0 atom stereocenters. The number of rotatable bonds is 5. The quantitative estimate of drug-likeness (QED) is 0.690. The molecule has 2 heterocycles. The minimum Gasteiger partial charge on any atom is -0.465 e. The lowest BCUT2D eigenvalue weighted by atomic mass is 10.00. The summed E-state index contributed by atoms with van der Waals surface area (Å²) in [6.07, 6.45) is 3.15. The van der Waals surface area contributed by atoms with E-state index in [9.17, 15) is 4.79 Å². The molecule has 6 heteroatoms. The molecule has 0 spiro atoms. The highest BCUT2D eigenvalue weighted by molar-refractivity contribution is 7.11. The van der Waals surface area contributed by atoms with E-state index in [1.54, 1.807) is 5.51 Å². The third-order valence-electron chi connectivity index (χ3n) is 4.89. The van der Waals surface area contributed by atoms with Crippen LogP contribution in [0.4, 0.5) is 0 Å². The lowest BCUT2D eigenvalue weighted by Crippen LogP contribution is -2.41. The summed E-state index contributed by atoms with van der Waals surface area (Å²) in [5.74, 6) is 0.229. The van der Waals surface area contributed by atoms with Crippen LogP contribution in [0.2, 0.25) is 0 Å². The summed E-state index contributed by atoms with van der Waals surface area (Å²) in [6, 6.07) is 14.6. The Morgan fingerprint density at radius 3 is 2.77 bits per heavy atom. The van der Waals surface area contributed by atoms with Crippen LogP contribution in [0.5, 0.6) is 5.19 Å². The van der Waals surface area contributed by atoms with E-state index in [1.165, 1.54) is 27.7 Å². The molecule has 2 aromatic carbocycles. The first-order chi connectivity index (χ1) is 12.8. The number of benzene rings is 2. The van der Waals surface area contributed by atoms with E-state index in [0.29, 0.717) is 11.6 Å². The van der Waals surface area contributed by atoms with Crippen LogP contribution < -0.4 is 4.74 Å². The zero-order valence-corrected chi connectivity index (χ0v) is 15.3. The number of amides is 1. The molecule has 1 aromatic heterocycles. The van der Waals surface area contributed by atoms with Crippen LogP contribution in [0.15, 0.2) is 48.0 Å². The van der Waals surface area contributed by atoms with Crippen LogP contribution in [0.1, 0.15) is 24.8 Å². The van der Waals surface area contributed by atoms with Crippen LogP contribution in [0.3, 0.4) is 0 Å². The molecule has 134 valence electrons. The molecule has 0 aliphatic carbocycles. The number of carbonyl (C=O) groups excluding carboxylic acids is 1. The van der Waals surface area contributed by atoms with Gasteiger partial charge in [0, 0.05) is 32.4 Å². The van der Waals surface area contributed by atoms with E-state index in [2.05, 4.69) is 46.6 Å². The summed E-state index contributed by atoms with van der Waals surface area (Å²) in [4.78, 5) is 14.6. The standard InChI is InChI=1S/C20H21N3O2S/c24-19(9-8-16-6-3-5-15-4-1-2-7-18(15)16)23-12-10-17(11-13-23)25-20-22-21-14-26-20/h1-7,14,17H,8-13H2. The maximum Gasteiger partial charge on any atom is 0.294 e. The largest absolute Gasteiger partial charge is 0.465 e. The number of aromatic nitrogens is 2. The van der Waals surface area contributed by atoms with Gasteiger partial charge in [-0.05, 0) is 22.8 Å². The molecule has 0 radical (unpaired) electrons. The monoisotopic (exact) mass is 367 g/mol. The summed E-state index contributed by atoms with van der Waals surface area (Å²) < 4.78 is 5.81. The van der Waals surface area contributed by atoms with Crippen molar-refractivity contribution in [3.05, 3.63) is 53.5 Å². The van der Waals surface area contributed by atoms with Gasteiger partial charge >= 0.3 is 0 Å². The Hall–Kier alpha value is -2.47. The SMILES string of the molecule is O=C(CCc1cccc2ccccc12)N1CCC(Oc2nncs2)CC1. The molecular weight excluding hydrogens is 346 g/mol. The summed E-state index contributed by atoms with van der Waals surface area (Å²) >= 11 is 1.41. The Morgan fingerprint density at radius 2 is 1.96 bits per heavy atom. The van der Waals surface area contributed by atoms with E-state index < -0.39 is 0 Å². The van der Waals surface area contributed by atoms with E-state index in [-0.39, 0.29) is 12.0 Å². The van der Waals surface area contributed by atoms with E-state index in [1.807, 2.05) is 11.0 Å². The molecule has 0 bridgehead atoms. The number of carbonyl (C=O) groups is 1. The van der Waals surface area contributed by atoms with Gasteiger partial charge in [0.05, 0.1) is 0 Å². The van der Waals surface area contributed by atoms with Crippen molar-refractivity contribution in [2.45, 2.75) is 31.8 Å². The zero-order chi connectivity index (χ0) is 17.8. The molecule has 1 aliphatic rings. The predicted octanol–water partition coefficient (Wildman–Crippen LogP) is 3.69. The van der Waals surface area contributed by atoms with Gasteiger partial charge in [-0.1, -0.05) is 53.8 Å². The van der Waals surface area contributed by atoms with Crippen LogP contribution in [0.25, 0.3) is 10.8 Å². The molecular formula is C20H21N3O2S. The molecule has 1 fully saturated rings. The van der Waals surface area contributed by atoms with Crippen LogP contribution in [-0.2, 0) is 11.2 Å². The normalized spacial score (nSPS) is 15.3.